The van der Waals surface area contributed by atoms with Gasteiger partial charge in [0.2, 0.25) is 0 Å². The van der Waals surface area contributed by atoms with Crippen LogP contribution in [0.5, 0.6) is 5.75 Å². The van der Waals surface area contributed by atoms with Gasteiger partial charge in [0.1, 0.15) is 5.75 Å². The van der Waals surface area contributed by atoms with Crippen LogP contribution in [0.3, 0.4) is 0 Å². The molecule has 0 amide bonds. The first kappa shape index (κ1) is 26.1. The number of rotatable bonds is 4. The summed E-state index contributed by atoms with van der Waals surface area (Å²) in [6.45, 7) is 4.46. The molecule has 0 saturated carbocycles. The predicted octanol–water partition coefficient (Wildman–Crippen LogP) is 9.70. The van der Waals surface area contributed by atoms with Crippen LogP contribution < -0.4 is 0 Å². The molecule has 0 radical (unpaired) electrons. The summed E-state index contributed by atoms with van der Waals surface area (Å²) in [7, 11) is 0. The summed E-state index contributed by atoms with van der Waals surface area (Å²) in [5.41, 5.74) is 9.50. The van der Waals surface area contributed by atoms with Crippen molar-refractivity contribution in [2.24, 2.45) is 0 Å². The summed E-state index contributed by atoms with van der Waals surface area (Å²) in [6, 6.07) is 45.4. The van der Waals surface area contributed by atoms with E-state index in [-0.39, 0.29) is 5.41 Å². The topological polar surface area (TPSA) is 58.9 Å². The Kier molecular flexibility index (Phi) is 5.92. The molecule has 0 unspecified atom stereocenters. The molecular formula is C40H29N3O. The van der Waals surface area contributed by atoms with Crippen molar-refractivity contribution in [1.82, 2.24) is 15.0 Å². The van der Waals surface area contributed by atoms with Crippen molar-refractivity contribution in [3.05, 3.63) is 145 Å². The molecule has 1 aliphatic carbocycles. The largest absolute Gasteiger partial charge is 0.508 e. The first-order valence-electron chi connectivity index (χ1n) is 14.9. The van der Waals surface area contributed by atoms with E-state index in [4.69, 9.17) is 15.0 Å². The molecule has 4 nitrogen and oxygen atoms in total. The Hall–Kier alpha value is -5.61. The molecule has 44 heavy (non-hydrogen) atoms. The molecule has 1 heterocycles. The van der Waals surface area contributed by atoms with E-state index in [1.165, 1.54) is 16.7 Å². The van der Waals surface area contributed by atoms with E-state index >= 15 is 0 Å². The number of hydrogen-bond acceptors (Lipinski definition) is 4. The Balaban J connectivity index is 1.39. The summed E-state index contributed by atoms with van der Waals surface area (Å²) in [4.78, 5) is 15.1. The minimum atomic E-state index is -0.266. The SMILES string of the molecule is CC1(C)c2cc(O)ccc2-c2ccc(-c3c(-c4nc(-c5ccccc5)nc(-c5ccccc5)n4)ccc4ccccc34)cc21. The summed E-state index contributed by atoms with van der Waals surface area (Å²) < 4.78 is 0. The van der Waals surface area contributed by atoms with Gasteiger partial charge in [-0.15, -0.1) is 0 Å². The second kappa shape index (κ2) is 9.99. The third kappa shape index (κ3) is 4.18. The van der Waals surface area contributed by atoms with Crippen LogP contribution in [-0.4, -0.2) is 20.1 Å². The Morgan fingerprint density at radius 3 is 1.70 bits per heavy atom. The molecule has 1 aliphatic rings. The number of nitrogens with zero attached hydrogens (tertiary/aromatic N) is 3. The van der Waals surface area contributed by atoms with Crippen LogP contribution in [0.2, 0.25) is 0 Å². The van der Waals surface area contributed by atoms with Gasteiger partial charge in [-0.2, -0.15) is 0 Å². The lowest BCUT2D eigenvalue weighted by molar-refractivity contribution is 0.473. The van der Waals surface area contributed by atoms with Crippen LogP contribution >= 0.6 is 0 Å². The maximum absolute atomic E-state index is 10.3. The van der Waals surface area contributed by atoms with Crippen molar-refractivity contribution in [1.29, 1.82) is 0 Å². The third-order valence-corrected chi connectivity index (χ3v) is 8.82. The van der Waals surface area contributed by atoms with Crippen LogP contribution in [0.25, 0.3) is 67.2 Å². The average molecular weight is 568 g/mol. The highest BCUT2D eigenvalue weighted by atomic mass is 16.3. The summed E-state index contributed by atoms with van der Waals surface area (Å²) in [5, 5.41) is 12.6. The van der Waals surface area contributed by atoms with Gasteiger partial charge in [-0.25, -0.2) is 15.0 Å². The molecule has 0 bridgehead atoms. The quantitative estimate of drug-likeness (QED) is 0.230. The lowest BCUT2D eigenvalue weighted by atomic mass is 9.81. The zero-order chi connectivity index (χ0) is 29.8. The zero-order valence-corrected chi connectivity index (χ0v) is 24.5. The zero-order valence-electron chi connectivity index (χ0n) is 24.5. The summed E-state index contributed by atoms with van der Waals surface area (Å²) in [5.74, 6) is 2.20. The molecule has 0 fully saturated rings. The van der Waals surface area contributed by atoms with Crippen molar-refractivity contribution in [3.8, 4) is 62.2 Å². The maximum atomic E-state index is 10.3. The number of fused-ring (bicyclic) bond motifs is 4. The van der Waals surface area contributed by atoms with Crippen LogP contribution in [0.15, 0.2) is 133 Å². The molecule has 1 aromatic heterocycles. The van der Waals surface area contributed by atoms with Crippen LogP contribution in [0.4, 0.5) is 0 Å². The van der Waals surface area contributed by atoms with Crippen molar-refractivity contribution in [3.63, 3.8) is 0 Å². The highest BCUT2D eigenvalue weighted by Crippen LogP contribution is 2.51. The Morgan fingerprint density at radius 2 is 1.02 bits per heavy atom. The van der Waals surface area contributed by atoms with Gasteiger partial charge in [0.25, 0.3) is 0 Å². The van der Waals surface area contributed by atoms with Crippen LogP contribution in [-0.2, 0) is 5.41 Å². The van der Waals surface area contributed by atoms with Gasteiger partial charge in [-0.05, 0) is 62.9 Å². The van der Waals surface area contributed by atoms with Gasteiger partial charge in [-0.1, -0.05) is 123 Å². The van der Waals surface area contributed by atoms with Gasteiger partial charge >= 0.3 is 0 Å². The Morgan fingerprint density at radius 1 is 0.477 bits per heavy atom. The van der Waals surface area contributed by atoms with Crippen molar-refractivity contribution < 1.29 is 5.11 Å². The molecule has 1 N–H and O–H groups in total. The number of phenols is 1. The number of phenolic OH excluding ortho intramolecular Hbond substituents is 1. The maximum Gasteiger partial charge on any atom is 0.164 e. The minimum Gasteiger partial charge on any atom is -0.508 e. The van der Waals surface area contributed by atoms with Gasteiger partial charge < -0.3 is 5.11 Å². The standard InChI is InChI=1S/C40H29N3O/c1-40(2)34-23-28(18-20-31(34)32-22-19-29(44)24-35(32)40)36-30-16-10-9-11-25(30)17-21-33(36)39-42-37(26-12-5-3-6-13-26)41-38(43-39)27-14-7-4-8-15-27/h3-24,44H,1-2H3. The Bertz CT molecular complexity index is 2150. The highest BCUT2D eigenvalue weighted by Gasteiger charge is 2.36. The van der Waals surface area contributed by atoms with E-state index < -0.39 is 0 Å². The predicted molar refractivity (Wildman–Crippen MR) is 178 cm³/mol. The van der Waals surface area contributed by atoms with Gasteiger partial charge in [0.15, 0.2) is 17.5 Å². The molecule has 0 aliphatic heterocycles. The molecule has 0 spiro atoms. The van der Waals surface area contributed by atoms with E-state index in [0.29, 0.717) is 23.2 Å². The van der Waals surface area contributed by atoms with Crippen molar-refractivity contribution in [2.45, 2.75) is 19.3 Å². The lowest BCUT2D eigenvalue weighted by Crippen LogP contribution is -2.15. The number of hydrogen-bond donors (Lipinski definition) is 1. The number of benzene rings is 6. The molecule has 7 aromatic rings. The fraction of sp³-hybridized carbons (Fsp3) is 0.0750. The van der Waals surface area contributed by atoms with E-state index in [2.05, 4.69) is 68.4 Å². The molecular weight excluding hydrogens is 538 g/mol. The second-order valence-corrected chi connectivity index (χ2v) is 11.9. The van der Waals surface area contributed by atoms with Crippen LogP contribution in [0, 0.1) is 0 Å². The fourth-order valence-corrected chi connectivity index (χ4v) is 6.58. The second-order valence-electron chi connectivity index (χ2n) is 11.9. The van der Waals surface area contributed by atoms with Gasteiger partial charge in [-0.3, -0.25) is 0 Å². The highest BCUT2D eigenvalue weighted by molar-refractivity contribution is 6.04. The van der Waals surface area contributed by atoms with Crippen LogP contribution in [0.1, 0.15) is 25.0 Å². The Labute approximate surface area is 256 Å². The van der Waals surface area contributed by atoms with E-state index in [9.17, 15) is 5.11 Å². The molecule has 210 valence electrons. The normalized spacial score (nSPS) is 13.0. The average Bonchev–Trinajstić information content (AvgIpc) is 3.29. The summed E-state index contributed by atoms with van der Waals surface area (Å²) >= 11 is 0. The number of aromatic hydroxyl groups is 1. The summed E-state index contributed by atoms with van der Waals surface area (Å²) in [6.07, 6.45) is 0. The van der Waals surface area contributed by atoms with E-state index in [1.807, 2.05) is 72.8 Å². The lowest BCUT2D eigenvalue weighted by Gasteiger charge is -2.22. The smallest absolute Gasteiger partial charge is 0.164 e. The molecule has 0 atom stereocenters. The minimum absolute atomic E-state index is 0.266. The third-order valence-electron chi connectivity index (χ3n) is 8.82. The van der Waals surface area contributed by atoms with Gasteiger partial charge in [0, 0.05) is 27.7 Å². The molecule has 6 aromatic carbocycles. The fourth-order valence-electron chi connectivity index (χ4n) is 6.58. The first-order valence-corrected chi connectivity index (χ1v) is 14.9. The first-order chi connectivity index (χ1) is 21.5. The van der Waals surface area contributed by atoms with E-state index in [1.54, 1.807) is 6.07 Å². The van der Waals surface area contributed by atoms with Crippen molar-refractivity contribution in [2.75, 3.05) is 0 Å². The van der Waals surface area contributed by atoms with Gasteiger partial charge in [0.05, 0.1) is 0 Å². The monoisotopic (exact) mass is 567 g/mol. The molecule has 8 rings (SSSR count). The molecule has 0 saturated heterocycles. The van der Waals surface area contributed by atoms with E-state index in [0.717, 1.165) is 44.2 Å². The molecule has 4 heteroatoms. The number of aromatic nitrogens is 3. The van der Waals surface area contributed by atoms with Crippen molar-refractivity contribution >= 4 is 10.8 Å².